The Balaban J connectivity index is -0.00000145. The fraction of sp³-hybridized carbons (Fsp3) is 0.241. The highest BCUT2D eigenvalue weighted by molar-refractivity contribution is 6.25. The Bertz CT molecular complexity index is 5460. The summed E-state index contributed by atoms with van der Waals surface area (Å²) in [4.78, 5) is 0. The average molecular weight is 1820 g/mol. The molecule has 0 aromatic heterocycles. The summed E-state index contributed by atoms with van der Waals surface area (Å²) >= 11 is 0. The van der Waals surface area contributed by atoms with Crippen molar-refractivity contribution in [3.05, 3.63) is 484 Å². The Kier molecular flexibility index (Phi) is 81.8. The topological polar surface area (TPSA) is 0 Å². The lowest BCUT2D eigenvalue weighted by Gasteiger charge is -2.09. The standard InChI is InChI=1S/C18H12.C18H14.2C14H10.C13H10.C12H10.C10H8.C6H6.16C2H6/c1-2-8-14-13(7-1)15-9-3-4-11-17(15)18-12-6-5-10-16(14)18;1-3-7-15(8-4-1)17-11-13-18(14-12-17)16-9-5-2-6-10-16;1-3-7-13-11(5-1)9-10-12-6-2-4-8-14(12)13;1-2-6-12-10-14-8-4-3-7-13(14)9-11(12)5-1;1-3-7-12-10(5-1)9-11-6-2-4-8-13(11)12;1-3-7-11(8-4-1)12-9-5-2-6-10-12;1-2-6-10-8-4-3-7-9(10)5-1;1-2-4-6-5-3-1;16*1-2/h1-12H;1-14H;2*1-10H;1-8H,9H2;1-10H;1-8H;1-6H;16*1-2H3. The summed E-state index contributed by atoms with van der Waals surface area (Å²) < 4.78 is 0. The van der Waals surface area contributed by atoms with Crippen LogP contribution in [-0.4, -0.2) is 0 Å². The monoisotopic (exact) mass is 1820 g/mol. The van der Waals surface area contributed by atoms with E-state index in [1.807, 2.05) is 282 Å². The molecule has 0 heterocycles. The lowest BCUT2D eigenvalue weighted by molar-refractivity contribution is 1.26. The molecule has 137 heavy (non-hydrogen) atoms. The van der Waals surface area contributed by atoms with Gasteiger partial charge in [-0.3, -0.25) is 0 Å². The average Bonchev–Trinajstić information content (AvgIpc) is 1.24. The van der Waals surface area contributed by atoms with Crippen LogP contribution in [0.5, 0.6) is 0 Å². The fourth-order valence-electron chi connectivity index (χ4n) is 13.7. The van der Waals surface area contributed by atoms with E-state index in [4.69, 9.17) is 0 Å². The third kappa shape index (κ3) is 44.2. The van der Waals surface area contributed by atoms with Gasteiger partial charge in [0.1, 0.15) is 0 Å². The normalized spacial score (nSPS) is 8.85. The van der Waals surface area contributed by atoms with E-state index in [0.717, 1.165) is 6.42 Å². The van der Waals surface area contributed by atoms with Gasteiger partial charge in [-0.1, -0.05) is 683 Å². The van der Waals surface area contributed by atoms with E-state index in [2.05, 4.69) is 413 Å². The fourth-order valence-corrected chi connectivity index (χ4v) is 13.7. The largest absolute Gasteiger partial charge is 0.0683 e. The van der Waals surface area contributed by atoms with E-state index in [0.29, 0.717) is 0 Å². The molecule has 0 saturated heterocycles. The van der Waals surface area contributed by atoms with E-state index in [-0.39, 0.29) is 0 Å². The van der Waals surface area contributed by atoms with Crippen molar-refractivity contribution in [2.45, 2.75) is 228 Å². The molecule has 20 aromatic rings. The van der Waals surface area contributed by atoms with Gasteiger partial charge in [-0.2, -0.15) is 0 Å². The van der Waals surface area contributed by atoms with E-state index in [1.165, 1.54) is 142 Å². The van der Waals surface area contributed by atoms with Crippen LogP contribution < -0.4 is 0 Å². The van der Waals surface area contributed by atoms with Crippen LogP contribution >= 0.6 is 0 Å². The summed E-state index contributed by atoms with van der Waals surface area (Å²) in [7, 11) is 0. The zero-order chi connectivity index (χ0) is 103. The molecule has 0 unspecified atom stereocenters. The quantitative estimate of drug-likeness (QED) is 0.122. The maximum Gasteiger partial charge on any atom is -0.00135 e. The molecule has 20 aromatic carbocycles. The highest BCUT2D eigenvalue weighted by Gasteiger charge is 2.16. The second-order valence-electron chi connectivity index (χ2n) is 25.7. The van der Waals surface area contributed by atoms with Crippen molar-refractivity contribution >= 4 is 86.2 Å². The summed E-state index contributed by atoms with van der Waals surface area (Å²) in [5.74, 6) is 0. The minimum absolute atomic E-state index is 1.10. The van der Waals surface area contributed by atoms with Gasteiger partial charge in [0.2, 0.25) is 0 Å². The van der Waals surface area contributed by atoms with Gasteiger partial charge in [-0.15, -0.1) is 0 Å². The molecule has 0 amide bonds. The first-order valence-corrected chi connectivity index (χ1v) is 52.1. The van der Waals surface area contributed by atoms with Gasteiger partial charge in [0.25, 0.3) is 0 Å². The van der Waals surface area contributed by atoms with Crippen LogP contribution in [0.15, 0.2) is 473 Å². The minimum atomic E-state index is 1.10. The molecule has 0 heteroatoms. The molecule has 0 bridgehead atoms. The van der Waals surface area contributed by atoms with Crippen LogP contribution in [0.4, 0.5) is 0 Å². The Morgan fingerprint density at radius 1 is 0.102 bits per heavy atom. The van der Waals surface area contributed by atoms with E-state index in [9.17, 15) is 0 Å². The minimum Gasteiger partial charge on any atom is -0.0683 e. The molecular weight excluding hydrogens is 1650 g/mol. The summed E-state index contributed by atoms with van der Waals surface area (Å²) in [6, 6.07) is 165. The summed E-state index contributed by atoms with van der Waals surface area (Å²) in [5.41, 5.74) is 13.3. The predicted molar refractivity (Wildman–Crippen MR) is 638 cm³/mol. The SMILES string of the molecule is CC.CC.CC.CC.CC.CC.CC.CC.CC.CC.CC.CC.CC.CC.CC.CC.c1ccc(-c2ccc(-c3ccccc3)cc2)cc1.c1ccc(-c2ccccc2)cc1.c1ccc2c(c1)Cc1ccccc1-2.c1ccc2c(c1)c1ccccc1c1ccccc21.c1ccc2c(c1)ccc1ccccc12.c1ccc2cc3ccccc3cc2c1.c1ccc2ccccc2c1.c1ccccc1. The van der Waals surface area contributed by atoms with Crippen molar-refractivity contribution in [2.24, 2.45) is 0 Å². The number of benzene rings is 20. The number of rotatable bonds is 3. The molecule has 1 aliphatic carbocycles. The highest BCUT2D eigenvalue weighted by Crippen LogP contribution is 2.37. The van der Waals surface area contributed by atoms with Gasteiger partial charge >= 0.3 is 0 Å². The van der Waals surface area contributed by atoms with Gasteiger partial charge in [0.05, 0.1) is 0 Å². The van der Waals surface area contributed by atoms with Crippen LogP contribution in [0, 0.1) is 0 Å². The molecule has 0 radical (unpaired) electrons. The second-order valence-corrected chi connectivity index (χ2v) is 25.7. The van der Waals surface area contributed by atoms with E-state index in [1.54, 1.807) is 0 Å². The summed E-state index contributed by atoms with van der Waals surface area (Å²) in [5, 5.41) is 21.2. The summed E-state index contributed by atoms with van der Waals surface area (Å²) in [6.45, 7) is 64.0. The van der Waals surface area contributed by atoms with Crippen LogP contribution in [0.2, 0.25) is 0 Å². The molecule has 21 rings (SSSR count). The van der Waals surface area contributed by atoms with E-state index < -0.39 is 0 Å². The van der Waals surface area contributed by atoms with Crippen molar-refractivity contribution in [1.82, 2.24) is 0 Å². The molecule has 0 N–H and O–H groups in total. The first-order chi connectivity index (χ1) is 68.1. The van der Waals surface area contributed by atoms with Gasteiger partial charge < -0.3 is 0 Å². The van der Waals surface area contributed by atoms with Crippen molar-refractivity contribution in [2.75, 3.05) is 0 Å². The smallest absolute Gasteiger partial charge is 0.00135 e. The van der Waals surface area contributed by atoms with Crippen molar-refractivity contribution in [3.63, 3.8) is 0 Å². The maximum absolute atomic E-state index is 2.24. The first kappa shape index (κ1) is 128. The Morgan fingerprint density at radius 2 is 0.241 bits per heavy atom. The molecule has 724 valence electrons. The number of hydrogen-bond donors (Lipinski definition) is 0. The van der Waals surface area contributed by atoms with Gasteiger partial charge in [0, 0.05) is 0 Å². The van der Waals surface area contributed by atoms with Crippen LogP contribution in [0.1, 0.15) is 233 Å². The molecular formula is C137H176. The lowest BCUT2D eigenvalue weighted by Crippen LogP contribution is -1.81. The molecule has 0 atom stereocenters. The number of hydrogen-bond acceptors (Lipinski definition) is 0. The molecule has 1 aliphatic rings. The van der Waals surface area contributed by atoms with Crippen molar-refractivity contribution in [1.29, 1.82) is 0 Å². The number of fused-ring (bicyclic) bond motifs is 15. The van der Waals surface area contributed by atoms with Crippen LogP contribution in [-0.2, 0) is 6.42 Å². The Labute approximate surface area is 837 Å². The van der Waals surface area contributed by atoms with Crippen LogP contribution in [0.3, 0.4) is 0 Å². The summed E-state index contributed by atoms with van der Waals surface area (Å²) in [6.07, 6.45) is 1.10. The lowest BCUT2D eigenvalue weighted by atomic mass is 9.95. The molecule has 0 fully saturated rings. The maximum atomic E-state index is 2.24. The van der Waals surface area contributed by atoms with Gasteiger partial charge in [-0.25, -0.2) is 0 Å². The molecule has 0 spiro atoms. The molecule has 0 aliphatic heterocycles. The zero-order valence-electron chi connectivity index (χ0n) is 90.7. The van der Waals surface area contributed by atoms with Crippen molar-refractivity contribution < 1.29 is 0 Å². The first-order valence-electron chi connectivity index (χ1n) is 52.1. The van der Waals surface area contributed by atoms with Crippen molar-refractivity contribution in [3.8, 4) is 44.5 Å². The Hall–Kier alpha value is -13.5. The highest BCUT2D eigenvalue weighted by atomic mass is 14.2. The van der Waals surface area contributed by atoms with Gasteiger partial charge in [0.15, 0.2) is 0 Å². The van der Waals surface area contributed by atoms with Gasteiger partial charge in [-0.05, 0) is 160 Å². The third-order valence-corrected chi connectivity index (χ3v) is 18.9. The Morgan fingerprint density at radius 3 is 0.445 bits per heavy atom. The van der Waals surface area contributed by atoms with Crippen LogP contribution in [0.25, 0.3) is 131 Å². The predicted octanol–water partition coefficient (Wildman–Crippen LogP) is 45.7. The third-order valence-electron chi connectivity index (χ3n) is 18.9. The van der Waals surface area contributed by atoms with E-state index >= 15 is 0 Å². The molecule has 0 saturated carbocycles. The molecule has 0 nitrogen and oxygen atoms in total. The zero-order valence-corrected chi connectivity index (χ0v) is 90.7. The second kappa shape index (κ2) is 87.8.